The summed E-state index contributed by atoms with van der Waals surface area (Å²) in [7, 11) is 0. The number of aryl methyl sites for hydroxylation is 1. The van der Waals surface area contributed by atoms with E-state index in [1.165, 1.54) is 4.68 Å². The van der Waals surface area contributed by atoms with Gasteiger partial charge in [0.05, 0.1) is 22.1 Å². The van der Waals surface area contributed by atoms with E-state index in [2.05, 4.69) is 31.3 Å². The molecule has 25 heavy (non-hydrogen) atoms. The van der Waals surface area contributed by atoms with Crippen molar-refractivity contribution in [2.24, 2.45) is 0 Å². The number of nitrogens with zero attached hydrogens (tertiary/aromatic N) is 4. The molecule has 3 aromatic heterocycles. The van der Waals surface area contributed by atoms with Gasteiger partial charge in [-0.3, -0.25) is 4.40 Å². The molecule has 1 N–H and O–H groups in total. The molecule has 0 unspecified atom stereocenters. The monoisotopic (exact) mass is 395 g/mol. The lowest BCUT2D eigenvalue weighted by Crippen LogP contribution is -2.19. The average Bonchev–Trinajstić information content (AvgIpc) is 3.14. The number of para-hydroxylation sites is 1. The van der Waals surface area contributed by atoms with Gasteiger partial charge in [0.1, 0.15) is 11.3 Å². The molecule has 0 fully saturated rings. The fourth-order valence-corrected chi connectivity index (χ4v) is 3.18. The Bertz CT molecular complexity index is 1070. The number of carbonyl (C=O) groups excluding carboxylic acids is 1. The molecular weight excluding hydrogens is 382 g/mol. The quantitative estimate of drug-likeness (QED) is 0.548. The van der Waals surface area contributed by atoms with Crippen LogP contribution in [0.2, 0.25) is 0 Å². The van der Waals surface area contributed by atoms with E-state index < -0.39 is 0 Å². The first-order chi connectivity index (χ1) is 12.1. The predicted octanol–water partition coefficient (Wildman–Crippen LogP) is 4.35. The Morgan fingerprint density at radius 1 is 1.12 bits per heavy atom. The molecule has 4 aromatic rings. The van der Waals surface area contributed by atoms with Crippen molar-refractivity contribution in [2.45, 2.75) is 6.92 Å². The van der Waals surface area contributed by atoms with Crippen molar-refractivity contribution in [1.29, 1.82) is 0 Å². The lowest BCUT2D eigenvalue weighted by atomic mass is 10.2. The van der Waals surface area contributed by atoms with Gasteiger partial charge >= 0.3 is 6.03 Å². The molecule has 0 aliphatic rings. The molecule has 0 radical (unpaired) electrons. The van der Waals surface area contributed by atoms with Crippen LogP contribution in [0.1, 0.15) is 5.69 Å². The Morgan fingerprint density at radius 2 is 1.88 bits per heavy atom. The molecule has 0 saturated carbocycles. The molecule has 0 spiro atoms. The van der Waals surface area contributed by atoms with Crippen LogP contribution in [0, 0.1) is 6.92 Å². The number of carbonyl (C=O) groups is 1. The molecule has 0 atom stereocenters. The molecule has 124 valence electrons. The number of benzene rings is 1. The minimum absolute atomic E-state index is 0.329. The average molecular weight is 396 g/mol. The van der Waals surface area contributed by atoms with Crippen LogP contribution in [0.15, 0.2) is 65.4 Å². The molecule has 4 rings (SSSR count). The summed E-state index contributed by atoms with van der Waals surface area (Å²) in [5.74, 6) is 0. The number of imidazole rings is 1. The fourth-order valence-electron chi connectivity index (χ4n) is 2.72. The third kappa shape index (κ3) is 2.83. The van der Waals surface area contributed by atoms with Gasteiger partial charge in [0.25, 0.3) is 0 Å². The molecule has 0 aliphatic carbocycles. The van der Waals surface area contributed by atoms with E-state index in [1.807, 2.05) is 66.1 Å². The zero-order valence-corrected chi connectivity index (χ0v) is 14.9. The van der Waals surface area contributed by atoms with Crippen molar-refractivity contribution in [1.82, 2.24) is 19.2 Å². The Balaban J connectivity index is 1.73. The van der Waals surface area contributed by atoms with Gasteiger partial charge in [-0.25, -0.2) is 9.78 Å². The molecule has 6 nitrogen and oxygen atoms in total. The molecular formula is C18H14BrN5O. The summed E-state index contributed by atoms with van der Waals surface area (Å²) < 4.78 is 3.97. The molecule has 0 bridgehead atoms. The fraction of sp³-hybridized carbons (Fsp3) is 0.0556. The SMILES string of the molecule is Cc1nc2ccccn2c1-c1nn(C(=O)Nc2ccccc2)cc1Br. The van der Waals surface area contributed by atoms with Crippen molar-refractivity contribution < 1.29 is 4.79 Å². The maximum absolute atomic E-state index is 12.4. The van der Waals surface area contributed by atoms with Crippen LogP contribution >= 0.6 is 15.9 Å². The number of halogens is 1. The van der Waals surface area contributed by atoms with Gasteiger partial charge in [-0.2, -0.15) is 9.78 Å². The summed E-state index contributed by atoms with van der Waals surface area (Å²) in [6, 6.07) is 14.7. The van der Waals surface area contributed by atoms with E-state index >= 15 is 0 Å². The van der Waals surface area contributed by atoms with E-state index in [0.29, 0.717) is 11.4 Å². The first kappa shape index (κ1) is 15.6. The van der Waals surface area contributed by atoms with Gasteiger partial charge in [0.2, 0.25) is 0 Å². The highest BCUT2D eigenvalue weighted by molar-refractivity contribution is 9.10. The van der Waals surface area contributed by atoms with Gasteiger partial charge in [-0.05, 0) is 47.1 Å². The van der Waals surface area contributed by atoms with Gasteiger partial charge < -0.3 is 5.32 Å². The smallest absolute Gasteiger partial charge is 0.306 e. The third-order valence-electron chi connectivity index (χ3n) is 3.83. The molecule has 0 aliphatic heterocycles. The Hall–Kier alpha value is -2.93. The van der Waals surface area contributed by atoms with E-state index in [9.17, 15) is 4.79 Å². The Morgan fingerprint density at radius 3 is 2.68 bits per heavy atom. The lowest BCUT2D eigenvalue weighted by molar-refractivity contribution is 0.251. The molecule has 3 heterocycles. The summed E-state index contributed by atoms with van der Waals surface area (Å²) in [6.07, 6.45) is 3.58. The van der Waals surface area contributed by atoms with Crippen molar-refractivity contribution in [3.8, 4) is 11.4 Å². The highest BCUT2D eigenvalue weighted by Crippen LogP contribution is 2.30. The predicted molar refractivity (Wildman–Crippen MR) is 99.7 cm³/mol. The van der Waals surface area contributed by atoms with Crippen LogP contribution in [0.5, 0.6) is 0 Å². The second-order valence-corrected chi connectivity index (χ2v) is 6.40. The Labute approximate surface area is 152 Å². The number of fused-ring (bicyclic) bond motifs is 1. The number of pyridine rings is 1. The summed E-state index contributed by atoms with van der Waals surface area (Å²) in [5, 5.41) is 7.27. The number of hydrogen-bond acceptors (Lipinski definition) is 3. The standard InChI is InChI=1S/C18H14BrN5O/c1-12-17(23-10-6-5-9-15(23)20-12)16-14(19)11-24(22-16)18(25)21-13-7-3-2-4-8-13/h2-11H,1H3,(H,21,25). The number of rotatable bonds is 2. The topological polar surface area (TPSA) is 64.2 Å². The second-order valence-electron chi connectivity index (χ2n) is 5.54. The molecule has 7 heteroatoms. The number of anilines is 1. The summed E-state index contributed by atoms with van der Waals surface area (Å²) >= 11 is 3.51. The molecule has 1 amide bonds. The highest BCUT2D eigenvalue weighted by atomic mass is 79.9. The normalized spacial score (nSPS) is 11.0. The van der Waals surface area contributed by atoms with Crippen LogP contribution in [0.3, 0.4) is 0 Å². The van der Waals surface area contributed by atoms with Crippen molar-refractivity contribution >= 4 is 33.3 Å². The third-order valence-corrected chi connectivity index (χ3v) is 4.41. The minimum Gasteiger partial charge on any atom is -0.306 e. The van der Waals surface area contributed by atoms with Crippen LogP contribution in [-0.2, 0) is 0 Å². The molecule has 1 aromatic carbocycles. The van der Waals surface area contributed by atoms with Gasteiger partial charge in [0.15, 0.2) is 0 Å². The number of nitrogens with one attached hydrogen (secondary N) is 1. The lowest BCUT2D eigenvalue weighted by Gasteiger charge is -2.04. The summed E-state index contributed by atoms with van der Waals surface area (Å²) in [6.45, 7) is 1.93. The highest BCUT2D eigenvalue weighted by Gasteiger charge is 2.19. The van der Waals surface area contributed by atoms with Crippen LogP contribution in [-0.4, -0.2) is 25.2 Å². The zero-order chi connectivity index (χ0) is 17.4. The van der Waals surface area contributed by atoms with Crippen molar-refractivity contribution in [3.63, 3.8) is 0 Å². The maximum atomic E-state index is 12.4. The van der Waals surface area contributed by atoms with Gasteiger partial charge in [-0.1, -0.05) is 24.3 Å². The zero-order valence-electron chi connectivity index (χ0n) is 13.3. The Kier molecular flexibility index (Phi) is 3.85. The van der Waals surface area contributed by atoms with Crippen LogP contribution in [0.25, 0.3) is 17.0 Å². The van der Waals surface area contributed by atoms with E-state index in [-0.39, 0.29) is 6.03 Å². The van der Waals surface area contributed by atoms with Crippen LogP contribution in [0.4, 0.5) is 10.5 Å². The second kappa shape index (κ2) is 6.18. The van der Waals surface area contributed by atoms with Crippen molar-refractivity contribution in [2.75, 3.05) is 5.32 Å². The number of aromatic nitrogens is 4. The number of amides is 1. The van der Waals surface area contributed by atoms with Gasteiger partial charge in [0, 0.05) is 11.9 Å². The van der Waals surface area contributed by atoms with E-state index in [0.717, 1.165) is 21.5 Å². The first-order valence-corrected chi connectivity index (χ1v) is 8.48. The molecule has 0 saturated heterocycles. The van der Waals surface area contributed by atoms with E-state index in [1.54, 1.807) is 6.20 Å². The number of hydrogen-bond donors (Lipinski definition) is 1. The van der Waals surface area contributed by atoms with Crippen LogP contribution < -0.4 is 5.32 Å². The maximum Gasteiger partial charge on any atom is 0.346 e. The van der Waals surface area contributed by atoms with Crippen molar-refractivity contribution in [3.05, 3.63) is 71.1 Å². The largest absolute Gasteiger partial charge is 0.346 e. The van der Waals surface area contributed by atoms with E-state index in [4.69, 9.17) is 0 Å². The van der Waals surface area contributed by atoms with Gasteiger partial charge in [-0.15, -0.1) is 0 Å². The summed E-state index contributed by atoms with van der Waals surface area (Å²) in [5.41, 5.74) is 3.92. The summed E-state index contributed by atoms with van der Waals surface area (Å²) in [4.78, 5) is 17.0. The minimum atomic E-state index is -0.329. The first-order valence-electron chi connectivity index (χ1n) is 7.69.